The molecule has 1 rings (SSSR count). The van der Waals surface area contributed by atoms with Crippen LogP contribution in [0.5, 0.6) is 0 Å². The lowest BCUT2D eigenvalue weighted by Crippen LogP contribution is -2.17. The van der Waals surface area contributed by atoms with Gasteiger partial charge >= 0.3 is 0 Å². The van der Waals surface area contributed by atoms with Gasteiger partial charge < -0.3 is 5.32 Å². The average Bonchev–Trinajstić information content (AvgIpc) is 2.43. The molecule has 0 bridgehead atoms. The summed E-state index contributed by atoms with van der Waals surface area (Å²) < 4.78 is 2.41. The number of rotatable bonds is 9. The highest BCUT2D eigenvalue weighted by atomic mass is 79.9. The quantitative estimate of drug-likeness (QED) is 0.461. The Morgan fingerprint density at radius 1 is 1.00 bits per heavy atom. The van der Waals surface area contributed by atoms with Gasteiger partial charge in [0.15, 0.2) is 0 Å². The highest BCUT2D eigenvalue weighted by Crippen LogP contribution is 2.32. The van der Waals surface area contributed by atoms with Crippen molar-refractivity contribution in [3.8, 4) is 0 Å². The first kappa shape index (κ1) is 18.2. The lowest BCUT2D eigenvalue weighted by Gasteiger charge is -2.19. The maximum Gasteiger partial charge on any atom is 0.0329 e. The number of hydrogen-bond acceptors (Lipinski definition) is 1. The van der Waals surface area contributed by atoms with E-state index in [1.54, 1.807) is 0 Å². The number of halogens is 2. The first-order valence-corrected chi connectivity index (χ1v) is 9.31. The molecule has 114 valence electrons. The summed E-state index contributed by atoms with van der Waals surface area (Å²) in [4.78, 5) is 0. The van der Waals surface area contributed by atoms with Gasteiger partial charge in [-0.1, -0.05) is 77.3 Å². The molecule has 3 heteroatoms. The number of unbranched alkanes of at least 4 members (excludes halogenated alkanes) is 5. The minimum atomic E-state index is 0.437. The molecule has 0 aliphatic rings. The largest absolute Gasteiger partial charge is 0.313 e. The summed E-state index contributed by atoms with van der Waals surface area (Å²) in [6.07, 6.45) is 9.33. The molecule has 1 aromatic carbocycles. The van der Waals surface area contributed by atoms with Gasteiger partial charge in [-0.3, -0.25) is 0 Å². The molecule has 0 saturated carbocycles. The van der Waals surface area contributed by atoms with Gasteiger partial charge in [0.2, 0.25) is 0 Å². The molecule has 0 heterocycles. The van der Waals surface area contributed by atoms with E-state index in [0.717, 1.165) is 0 Å². The summed E-state index contributed by atoms with van der Waals surface area (Å²) in [5, 5.41) is 3.46. The molecular weight excluding hydrogens is 378 g/mol. The molecule has 0 saturated heterocycles. The third-order valence-corrected chi connectivity index (χ3v) is 5.39. The highest BCUT2D eigenvalue weighted by molar-refractivity contribution is 9.11. The van der Waals surface area contributed by atoms with E-state index in [0.29, 0.717) is 6.04 Å². The zero-order chi connectivity index (χ0) is 15.0. The van der Waals surface area contributed by atoms with Gasteiger partial charge in [0.05, 0.1) is 0 Å². The Labute approximate surface area is 141 Å². The summed E-state index contributed by atoms with van der Waals surface area (Å²) in [6.45, 7) is 4.39. The van der Waals surface area contributed by atoms with Crippen molar-refractivity contribution >= 4 is 31.9 Å². The first-order chi connectivity index (χ1) is 9.60. The van der Waals surface area contributed by atoms with Crippen LogP contribution in [-0.4, -0.2) is 7.05 Å². The van der Waals surface area contributed by atoms with Crippen molar-refractivity contribution in [2.45, 2.75) is 64.8 Å². The summed E-state index contributed by atoms with van der Waals surface area (Å²) in [5.74, 6) is 0. The Kier molecular flexibility index (Phi) is 9.06. The SMILES string of the molecule is CCCCCCCCC(NC)c1cc(Br)c(C)cc1Br. The van der Waals surface area contributed by atoms with Gasteiger partial charge in [-0.05, 0) is 43.7 Å². The van der Waals surface area contributed by atoms with Crippen molar-refractivity contribution in [2.24, 2.45) is 0 Å². The van der Waals surface area contributed by atoms with Crippen molar-refractivity contribution in [1.82, 2.24) is 5.32 Å². The van der Waals surface area contributed by atoms with Gasteiger partial charge in [0.25, 0.3) is 0 Å². The lowest BCUT2D eigenvalue weighted by molar-refractivity contribution is 0.496. The summed E-state index contributed by atoms with van der Waals surface area (Å²) in [6, 6.07) is 4.88. The van der Waals surface area contributed by atoms with Gasteiger partial charge in [-0.25, -0.2) is 0 Å². The molecule has 0 aromatic heterocycles. The van der Waals surface area contributed by atoms with Crippen LogP contribution in [0.2, 0.25) is 0 Å². The van der Waals surface area contributed by atoms with Crippen LogP contribution in [0.1, 0.15) is 69.0 Å². The Morgan fingerprint density at radius 3 is 2.30 bits per heavy atom. The molecule has 0 fully saturated rings. The molecule has 1 unspecified atom stereocenters. The van der Waals surface area contributed by atoms with Crippen LogP contribution >= 0.6 is 31.9 Å². The second-order valence-corrected chi connectivity index (χ2v) is 7.23. The van der Waals surface area contributed by atoms with Crippen LogP contribution in [0.4, 0.5) is 0 Å². The molecule has 1 nitrogen and oxygen atoms in total. The van der Waals surface area contributed by atoms with Gasteiger partial charge in [0, 0.05) is 15.0 Å². The predicted octanol–water partition coefficient (Wildman–Crippen LogP) is 6.53. The van der Waals surface area contributed by atoms with Gasteiger partial charge in [-0.2, -0.15) is 0 Å². The zero-order valence-electron chi connectivity index (χ0n) is 12.9. The number of benzene rings is 1. The minimum absolute atomic E-state index is 0.437. The summed E-state index contributed by atoms with van der Waals surface area (Å²) in [5.41, 5.74) is 2.63. The zero-order valence-corrected chi connectivity index (χ0v) is 16.1. The molecule has 0 spiro atoms. The van der Waals surface area contributed by atoms with Crippen LogP contribution in [0, 0.1) is 6.92 Å². The van der Waals surface area contributed by atoms with Crippen LogP contribution in [-0.2, 0) is 0 Å². The van der Waals surface area contributed by atoms with Crippen molar-refractivity contribution in [1.29, 1.82) is 0 Å². The molecule has 1 N–H and O–H groups in total. The summed E-state index contributed by atoms with van der Waals surface area (Å²) in [7, 11) is 2.06. The number of aryl methyl sites for hydroxylation is 1. The van der Waals surface area contributed by atoms with Crippen LogP contribution in [0.25, 0.3) is 0 Å². The third kappa shape index (κ3) is 5.87. The Balaban J connectivity index is 2.52. The Morgan fingerprint density at radius 2 is 1.65 bits per heavy atom. The number of hydrogen-bond donors (Lipinski definition) is 1. The van der Waals surface area contributed by atoms with E-state index in [4.69, 9.17) is 0 Å². The molecular formula is C17H27Br2N. The Bertz CT molecular complexity index is 404. The second kappa shape index (κ2) is 9.97. The normalized spacial score (nSPS) is 12.7. The van der Waals surface area contributed by atoms with Crippen LogP contribution in [0.3, 0.4) is 0 Å². The molecule has 0 amide bonds. The Hall–Kier alpha value is 0.140. The molecule has 1 atom stereocenters. The number of nitrogens with one attached hydrogen (secondary N) is 1. The second-order valence-electron chi connectivity index (χ2n) is 5.52. The minimum Gasteiger partial charge on any atom is -0.313 e. The average molecular weight is 405 g/mol. The standard InChI is InChI=1S/C17H27Br2N/c1-4-5-6-7-8-9-10-17(20-3)14-12-15(18)13(2)11-16(14)19/h11-12,17,20H,4-10H2,1-3H3. The third-order valence-electron chi connectivity index (χ3n) is 3.85. The highest BCUT2D eigenvalue weighted by Gasteiger charge is 2.13. The lowest BCUT2D eigenvalue weighted by atomic mass is 9.99. The molecule has 0 aliphatic heterocycles. The molecule has 0 aliphatic carbocycles. The van der Waals surface area contributed by atoms with E-state index >= 15 is 0 Å². The predicted molar refractivity (Wildman–Crippen MR) is 96.4 cm³/mol. The molecule has 1 aromatic rings. The van der Waals surface area contributed by atoms with Crippen molar-refractivity contribution in [3.63, 3.8) is 0 Å². The van der Waals surface area contributed by atoms with E-state index in [1.165, 1.54) is 65.0 Å². The van der Waals surface area contributed by atoms with E-state index in [-0.39, 0.29) is 0 Å². The smallest absolute Gasteiger partial charge is 0.0329 e. The van der Waals surface area contributed by atoms with Crippen LogP contribution in [0.15, 0.2) is 21.1 Å². The fraction of sp³-hybridized carbons (Fsp3) is 0.647. The van der Waals surface area contributed by atoms with Crippen LogP contribution < -0.4 is 5.32 Å². The molecule has 20 heavy (non-hydrogen) atoms. The van der Waals surface area contributed by atoms with E-state index in [1.807, 2.05) is 0 Å². The maximum absolute atomic E-state index is 3.71. The maximum atomic E-state index is 3.71. The van der Waals surface area contributed by atoms with Gasteiger partial charge in [-0.15, -0.1) is 0 Å². The fourth-order valence-corrected chi connectivity index (χ4v) is 3.61. The topological polar surface area (TPSA) is 12.0 Å². The van der Waals surface area contributed by atoms with Crippen molar-refractivity contribution in [2.75, 3.05) is 7.05 Å². The summed E-state index contributed by atoms with van der Waals surface area (Å²) >= 11 is 7.34. The van der Waals surface area contributed by atoms with Crippen molar-refractivity contribution in [3.05, 3.63) is 32.2 Å². The fourth-order valence-electron chi connectivity index (χ4n) is 2.51. The molecule has 0 radical (unpaired) electrons. The first-order valence-electron chi connectivity index (χ1n) is 7.73. The van der Waals surface area contributed by atoms with E-state index in [2.05, 4.69) is 70.2 Å². The van der Waals surface area contributed by atoms with Gasteiger partial charge in [0.1, 0.15) is 0 Å². The van der Waals surface area contributed by atoms with E-state index in [9.17, 15) is 0 Å². The monoisotopic (exact) mass is 403 g/mol. The van der Waals surface area contributed by atoms with E-state index < -0.39 is 0 Å². The van der Waals surface area contributed by atoms with Crippen molar-refractivity contribution < 1.29 is 0 Å².